The average molecular weight is 620 g/mol. The van der Waals surface area contributed by atoms with Crippen LogP contribution in [-0.2, 0) is 9.59 Å². The van der Waals surface area contributed by atoms with Crippen molar-refractivity contribution in [3.63, 3.8) is 0 Å². The third kappa shape index (κ3) is 5.06. The largest absolute Gasteiger partial charge is 0.385 e. The number of nitrogens with one attached hydrogen (secondary N) is 3. The van der Waals surface area contributed by atoms with Crippen LogP contribution in [0.15, 0.2) is 55.0 Å². The molecule has 1 atom stereocenters. The highest BCUT2D eigenvalue weighted by molar-refractivity contribution is 6.23. The second-order valence-corrected chi connectivity index (χ2v) is 12.5. The van der Waals surface area contributed by atoms with Gasteiger partial charge in [-0.15, -0.1) is 0 Å². The molecular formula is C33H33N9O4. The summed E-state index contributed by atoms with van der Waals surface area (Å²) in [6.07, 6.45) is 7.84. The van der Waals surface area contributed by atoms with Gasteiger partial charge < -0.3 is 15.5 Å². The lowest BCUT2D eigenvalue weighted by Gasteiger charge is -2.35. The van der Waals surface area contributed by atoms with Gasteiger partial charge >= 0.3 is 0 Å². The van der Waals surface area contributed by atoms with Crippen molar-refractivity contribution in [2.75, 3.05) is 42.9 Å². The van der Waals surface area contributed by atoms with Gasteiger partial charge in [0.25, 0.3) is 11.8 Å². The van der Waals surface area contributed by atoms with Gasteiger partial charge in [-0.25, -0.2) is 4.98 Å². The van der Waals surface area contributed by atoms with Gasteiger partial charge in [-0.05, 0) is 61.6 Å². The lowest BCUT2D eigenvalue weighted by atomic mass is 9.80. The first kappa shape index (κ1) is 28.3. The molecule has 2 aromatic heterocycles. The lowest BCUT2D eigenvalue weighted by molar-refractivity contribution is -0.136. The SMILES string of the molecule is O=C1CCC(N2C(=O)c3ccc(NCC4CC(n5cc(-c6cnc7ccc(N8CCNCC8)cc7n6)cn5)C4)cc3C2=O)C(=O)N1. The zero-order valence-corrected chi connectivity index (χ0v) is 25.1. The van der Waals surface area contributed by atoms with Gasteiger partial charge in [0, 0.05) is 62.3 Å². The van der Waals surface area contributed by atoms with E-state index in [1.807, 2.05) is 23.1 Å². The first-order chi connectivity index (χ1) is 22.4. The molecule has 1 saturated carbocycles. The first-order valence-electron chi connectivity index (χ1n) is 15.8. The fourth-order valence-electron chi connectivity index (χ4n) is 6.86. The maximum atomic E-state index is 13.1. The number of piperazine rings is 1. The van der Waals surface area contributed by atoms with Crippen LogP contribution >= 0.6 is 0 Å². The molecule has 0 spiro atoms. The Morgan fingerprint density at radius 1 is 0.913 bits per heavy atom. The maximum absolute atomic E-state index is 13.1. The van der Waals surface area contributed by atoms with Crippen molar-refractivity contribution in [1.29, 1.82) is 0 Å². The summed E-state index contributed by atoms with van der Waals surface area (Å²) in [5.74, 6) is -1.59. The molecule has 13 nitrogen and oxygen atoms in total. The van der Waals surface area contributed by atoms with Crippen LogP contribution in [0.4, 0.5) is 11.4 Å². The van der Waals surface area contributed by atoms with Gasteiger partial charge in [0.1, 0.15) is 6.04 Å². The van der Waals surface area contributed by atoms with Crippen molar-refractivity contribution in [3.8, 4) is 11.3 Å². The molecule has 5 heterocycles. The fourth-order valence-corrected chi connectivity index (χ4v) is 6.86. The number of carbonyl (C=O) groups excluding carboxylic acids is 4. The van der Waals surface area contributed by atoms with E-state index in [1.165, 1.54) is 5.69 Å². The highest BCUT2D eigenvalue weighted by Gasteiger charge is 2.44. The van der Waals surface area contributed by atoms with Gasteiger partial charge in [0.15, 0.2) is 0 Å². The molecule has 3 fully saturated rings. The summed E-state index contributed by atoms with van der Waals surface area (Å²) in [6, 6.07) is 10.7. The standard InChI is InChI=1S/C33H33N9O4/c43-30-6-5-29(31(44)39-30)42-32(45)24-3-1-21(13-25(24)33(42)46)35-15-19-11-23(12-19)41-18-20(16-37-41)28-17-36-26-4-2-22(14-27(26)38-28)40-9-7-34-8-10-40/h1-4,13-14,16-19,23,29,34-35H,5-12,15H2,(H,39,43,44). The summed E-state index contributed by atoms with van der Waals surface area (Å²) < 4.78 is 2.01. The van der Waals surface area contributed by atoms with E-state index in [-0.39, 0.29) is 30.0 Å². The zero-order chi connectivity index (χ0) is 31.4. The fraction of sp³-hybridized carbons (Fsp3) is 0.364. The minimum atomic E-state index is -0.972. The number of hydrogen-bond acceptors (Lipinski definition) is 10. The highest BCUT2D eigenvalue weighted by atomic mass is 16.2. The molecule has 3 N–H and O–H groups in total. The number of carbonyl (C=O) groups is 4. The summed E-state index contributed by atoms with van der Waals surface area (Å²) in [5.41, 5.74) is 5.93. The Bertz CT molecular complexity index is 1890. The molecule has 4 aliphatic rings. The van der Waals surface area contributed by atoms with E-state index in [0.29, 0.717) is 12.5 Å². The number of piperidine rings is 1. The normalized spacial score (nSPS) is 23.0. The third-order valence-electron chi connectivity index (χ3n) is 9.52. The Hall–Kier alpha value is -5.17. The van der Waals surface area contributed by atoms with Crippen LogP contribution in [0.1, 0.15) is 52.4 Å². The molecule has 2 saturated heterocycles. The van der Waals surface area contributed by atoms with Crippen LogP contribution in [-0.4, -0.2) is 87.0 Å². The van der Waals surface area contributed by atoms with Crippen LogP contribution in [0.2, 0.25) is 0 Å². The number of nitrogens with zero attached hydrogens (tertiary/aromatic N) is 6. The molecule has 4 aromatic rings. The van der Waals surface area contributed by atoms with E-state index in [9.17, 15) is 19.2 Å². The van der Waals surface area contributed by atoms with E-state index in [0.717, 1.165) is 71.9 Å². The van der Waals surface area contributed by atoms with E-state index < -0.39 is 29.7 Å². The van der Waals surface area contributed by atoms with Crippen LogP contribution in [0.3, 0.4) is 0 Å². The van der Waals surface area contributed by atoms with Gasteiger partial charge in [-0.2, -0.15) is 5.10 Å². The summed E-state index contributed by atoms with van der Waals surface area (Å²) in [6.45, 7) is 4.62. The number of benzene rings is 2. The topological polar surface area (TPSA) is 154 Å². The minimum Gasteiger partial charge on any atom is -0.385 e. The number of aromatic nitrogens is 4. The molecule has 0 radical (unpaired) electrons. The zero-order valence-electron chi connectivity index (χ0n) is 25.1. The Balaban J connectivity index is 0.880. The smallest absolute Gasteiger partial charge is 0.262 e. The number of imide groups is 2. The number of rotatable bonds is 7. The van der Waals surface area contributed by atoms with E-state index in [2.05, 4.69) is 43.1 Å². The van der Waals surface area contributed by atoms with Crippen LogP contribution in [0, 0.1) is 5.92 Å². The number of hydrogen-bond donors (Lipinski definition) is 3. The van der Waals surface area contributed by atoms with Crippen molar-refractivity contribution < 1.29 is 19.2 Å². The lowest BCUT2D eigenvalue weighted by Crippen LogP contribution is -2.54. The first-order valence-corrected chi connectivity index (χ1v) is 15.8. The predicted molar refractivity (Wildman–Crippen MR) is 169 cm³/mol. The second kappa shape index (κ2) is 11.3. The number of amides is 4. The number of anilines is 2. The van der Waals surface area contributed by atoms with Crippen molar-refractivity contribution in [2.24, 2.45) is 5.92 Å². The molecule has 0 bridgehead atoms. The monoisotopic (exact) mass is 619 g/mol. The Kier molecular flexibility index (Phi) is 6.97. The molecule has 13 heteroatoms. The molecular weight excluding hydrogens is 586 g/mol. The Morgan fingerprint density at radius 3 is 2.57 bits per heavy atom. The van der Waals surface area contributed by atoms with Gasteiger partial charge in [-0.1, -0.05) is 0 Å². The summed E-state index contributed by atoms with van der Waals surface area (Å²) >= 11 is 0. The Morgan fingerprint density at radius 2 is 1.74 bits per heavy atom. The van der Waals surface area contributed by atoms with Crippen LogP contribution in [0.25, 0.3) is 22.3 Å². The van der Waals surface area contributed by atoms with Gasteiger partial charge in [0.05, 0.1) is 46.3 Å². The van der Waals surface area contributed by atoms with Crippen molar-refractivity contribution >= 4 is 46.0 Å². The molecule has 2 aromatic carbocycles. The predicted octanol–water partition coefficient (Wildman–Crippen LogP) is 2.37. The molecule has 1 unspecified atom stereocenters. The van der Waals surface area contributed by atoms with Gasteiger partial charge in [0.2, 0.25) is 11.8 Å². The quantitative estimate of drug-likeness (QED) is 0.263. The molecule has 46 heavy (non-hydrogen) atoms. The summed E-state index contributed by atoms with van der Waals surface area (Å²) in [4.78, 5) is 62.9. The Labute approximate surface area is 264 Å². The molecule has 8 rings (SSSR count). The van der Waals surface area contributed by atoms with E-state index in [4.69, 9.17) is 4.98 Å². The van der Waals surface area contributed by atoms with E-state index in [1.54, 1.807) is 24.4 Å². The second-order valence-electron chi connectivity index (χ2n) is 12.5. The average Bonchev–Trinajstić information content (AvgIpc) is 3.63. The molecule has 3 aliphatic heterocycles. The summed E-state index contributed by atoms with van der Waals surface area (Å²) in [5, 5.41) is 13.7. The third-order valence-corrected chi connectivity index (χ3v) is 9.52. The summed E-state index contributed by atoms with van der Waals surface area (Å²) in [7, 11) is 0. The highest BCUT2D eigenvalue weighted by Crippen LogP contribution is 2.38. The maximum Gasteiger partial charge on any atom is 0.262 e. The van der Waals surface area contributed by atoms with Crippen molar-refractivity contribution in [3.05, 3.63) is 66.1 Å². The van der Waals surface area contributed by atoms with Crippen molar-refractivity contribution in [1.82, 2.24) is 35.3 Å². The van der Waals surface area contributed by atoms with Crippen LogP contribution in [0.5, 0.6) is 0 Å². The molecule has 234 valence electrons. The number of fused-ring (bicyclic) bond motifs is 2. The van der Waals surface area contributed by atoms with Gasteiger partial charge in [-0.3, -0.25) is 39.1 Å². The molecule has 1 aliphatic carbocycles. The minimum absolute atomic E-state index is 0.0918. The van der Waals surface area contributed by atoms with Crippen molar-refractivity contribution in [2.45, 2.75) is 37.8 Å². The van der Waals surface area contributed by atoms with E-state index >= 15 is 0 Å². The van der Waals surface area contributed by atoms with Crippen LogP contribution < -0.4 is 20.9 Å². The molecule has 4 amide bonds.